The minimum absolute atomic E-state index is 0.118. The molecule has 43 heavy (non-hydrogen) atoms. The van der Waals surface area contributed by atoms with Gasteiger partial charge in [0.1, 0.15) is 18.1 Å². The molecule has 0 aliphatic carbocycles. The van der Waals surface area contributed by atoms with Crippen LogP contribution < -0.4 is 14.2 Å². The molecule has 0 atom stereocenters. The van der Waals surface area contributed by atoms with Gasteiger partial charge in [0.05, 0.1) is 54.8 Å². The van der Waals surface area contributed by atoms with Crippen molar-refractivity contribution in [3.63, 3.8) is 0 Å². The number of ether oxygens (including phenoxy) is 3. The van der Waals surface area contributed by atoms with E-state index in [0.717, 1.165) is 22.5 Å². The summed E-state index contributed by atoms with van der Waals surface area (Å²) in [7, 11) is 2.91. The Bertz CT molecular complexity index is 1870. The average Bonchev–Trinajstić information content (AvgIpc) is 3.68. The minimum atomic E-state index is -0.464. The first-order valence-electron chi connectivity index (χ1n) is 13.6. The third-order valence-electron chi connectivity index (χ3n) is 7.05. The largest absolute Gasteiger partial charge is 0.493 e. The predicted octanol–water partition coefficient (Wildman–Crippen LogP) is 6.68. The number of methoxy groups -OCH3 is 2. The molecule has 3 aromatic heterocycles. The molecule has 216 valence electrons. The van der Waals surface area contributed by atoms with Crippen LogP contribution in [-0.4, -0.2) is 33.5 Å². The Morgan fingerprint density at radius 2 is 1.58 bits per heavy atom. The fourth-order valence-electron chi connectivity index (χ4n) is 4.98. The number of benzene rings is 3. The van der Waals surface area contributed by atoms with Crippen molar-refractivity contribution in [1.29, 1.82) is 0 Å². The number of nitrogens with zero attached hydrogens (tertiary/aromatic N) is 4. The van der Waals surface area contributed by atoms with Gasteiger partial charge in [-0.15, -0.1) is 0 Å². The van der Waals surface area contributed by atoms with Crippen molar-refractivity contribution >= 4 is 11.3 Å². The van der Waals surface area contributed by atoms with E-state index in [0.29, 0.717) is 47.1 Å². The summed E-state index contributed by atoms with van der Waals surface area (Å²) in [5.41, 5.74) is 4.94. The Kier molecular flexibility index (Phi) is 7.73. The molecule has 0 N–H and O–H groups in total. The van der Waals surface area contributed by atoms with Crippen LogP contribution in [0.1, 0.15) is 28.3 Å². The smallest absolute Gasteiger partial charge is 0.280 e. The van der Waals surface area contributed by atoms with Crippen LogP contribution in [0.5, 0.6) is 17.4 Å². The molecule has 10 nitrogen and oxygen atoms in total. The van der Waals surface area contributed by atoms with E-state index in [1.807, 2.05) is 83.4 Å². The van der Waals surface area contributed by atoms with Gasteiger partial charge in [-0.2, -0.15) is 0 Å². The molecule has 0 radical (unpaired) electrons. The molecule has 0 saturated heterocycles. The number of aromatic nitrogens is 3. The SMILES string of the molecule is COc1cc(COc2c(Cc3ccco3)nc3c(Cc4ccccc4)nc(-c4ccccc4)cn23)c([N+](=O)[O-])cc1OC. The van der Waals surface area contributed by atoms with Crippen molar-refractivity contribution < 1.29 is 23.6 Å². The van der Waals surface area contributed by atoms with Crippen LogP contribution in [0, 0.1) is 10.1 Å². The molecular formula is C33H28N4O6. The number of furan rings is 1. The summed E-state index contributed by atoms with van der Waals surface area (Å²) >= 11 is 0. The summed E-state index contributed by atoms with van der Waals surface area (Å²) < 4.78 is 24.6. The van der Waals surface area contributed by atoms with Crippen molar-refractivity contribution in [2.75, 3.05) is 14.2 Å². The molecule has 0 spiro atoms. The molecule has 0 bridgehead atoms. The lowest BCUT2D eigenvalue weighted by molar-refractivity contribution is -0.385. The normalized spacial score (nSPS) is 11.0. The Morgan fingerprint density at radius 1 is 0.860 bits per heavy atom. The van der Waals surface area contributed by atoms with Gasteiger partial charge in [0.2, 0.25) is 5.88 Å². The first-order chi connectivity index (χ1) is 21.0. The maximum Gasteiger partial charge on any atom is 0.280 e. The summed E-state index contributed by atoms with van der Waals surface area (Å²) in [6.07, 6.45) is 4.39. The highest BCUT2D eigenvalue weighted by molar-refractivity contribution is 5.63. The number of hydrogen-bond donors (Lipinski definition) is 0. The van der Waals surface area contributed by atoms with E-state index in [1.165, 1.54) is 20.3 Å². The number of fused-ring (bicyclic) bond motifs is 1. The molecule has 0 amide bonds. The summed E-state index contributed by atoms with van der Waals surface area (Å²) in [5, 5.41) is 12.0. The highest BCUT2D eigenvalue weighted by atomic mass is 16.6. The van der Waals surface area contributed by atoms with Crippen molar-refractivity contribution in [3.8, 4) is 28.6 Å². The third kappa shape index (κ3) is 5.76. The molecule has 3 aromatic carbocycles. The van der Waals surface area contributed by atoms with Crippen LogP contribution in [0.4, 0.5) is 5.69 Å². The van der Waals surface area contributed by atoms with Crippen LogP contribution >= 0.6 is 0 Å². The zero-order valence-electron chi connectivity index (χ0n) is 23.6. The van der Waals surface area contributed by atoms with Crippen LogP contribution in [-0.2, 0) is 19.4 Å². The molecule has 0 saturated carbocycles. The first-order valence-corrected chi connectivity index (χ1v) is 13.6. The standard InChI is InChI=1S/C33H28N4O6/c1-40-30-17-24(29(37(38)39)19-31(30)41-2)21-43-33-27(18-25-14-9-15-42-25)35-32-26(16-22-10-5-3-6-11-22)34-28(20-36(32)33)23-12-7-4-8-13-23/h3-15,17,19-20H,16,18,21H2,1-2H3. The minimum Gasteiger partial charge on any atom is -0.493 e. The van der Waals surface area contributed by atoms with Crippen LogP contribution in [0.25, 0.3) is 16.9 Å². The lowest BCUT2D eigenvalue weighted by atomic mass is 10.1. The van der Waals surface area contributed by atoms with Gasteiger partial charge < -0.3 is 18.6 Å². The van der Waals surface area contributed by atoms with E-state index in [1.54, 1.807) is 12.3 Å². The van der Waals surface area contributed by atoms with Crippen molar-refractivity contribution in [2.45, 2.75) is 19.4 Å². The summed E-state index contributed by atoms with van der Waals surface area (Å²) in [4.78, 5) is 21.5. The highest BCUT2D eigenvalue weighted by Crippen LogP contribution is 2.36. The number of hydrogen-bond acceptors (Lipinski definition) is 8. The molecule has 6 rings (SSSR count). The second-order valence-corrected chi connectivity index (χ2v) is 9.80. The maximum atomic E-state index is 12.0. The molecule has 0 fully saturated rings. The van der Waals surface area contributed by atoms with E-state index in [-0.39, 0.29) is 18.0 Å². The van der Waals surface area contributed by atoms with Gasteiger partial charge in [-0.25, -0.2) is 9.97 Å². The van der Waals surface area contributed by atoms with Crippen LogP contribution in [0.15, 0.2) is 102 Å². The summed E-state index contributed by atoms with van der Waals surface area (Å²) in [5.74, 6) is 1.76. The van der Waals surface area contributed by atoms with Gasteiger partial charge in [0, 0.05) is 18.2 Å². The van der Waals surface area contributed by atoms with Gasteiger partial charge in [-0.1, -0.05) is 60.7 Å². The molecular weight excluding hydrogens is 548 g/mol. The Labute approximate surface area is 247 Å². The Balaban J connectivity index is 1.50. The van der Waals surface area contributed by atoms with Gasteiger partial charge in [-0.3, -0.25) is 14.5 Å². The summed E-state index contributed by atoms with van der Waals surface area (Å²) in [6, 6.07) is 26.5. The Hall–Kier alpha value is -5.64. The molecule has 3 heterocycles. The van der Waals surface area contributed by atoms with Gasteiger partial charge >= 0.3 is 0 Å². The molecule has 0 aliphatic rings. The number of nitro groups is 1. The second-order valence-electron chi connectivity index (χ2n) is 9.80. The van der Waals surface area contributed by atoms with Gasteiger partial charge in [-0.05, 0) is 23.8 Å². The van der Waals surface area contributed by atoms with Crippen molar-refractivity contribution in [3.05, 3.63) is 136 Å². The monoisotopic (exact) mass is 576 g/mol. The second kappa shape index (κ2) is 12.1. The lowest BCUT2D eigenvalue weighted by Crippen LogP contribution is -2.06. The van der Waals surface area contributed by atoms with Crippen molar-refractivity contribution in [2.24, 2.45) is 0 Å². The Morgan fingerprint density at radius 3 is 2.26 bits per heavy atom. The fraction of sp³-hybridized carbons (Fsp3) is 0.152. The lowest BCUT2D eigenvalue weighted by Gasteiger charge is -2.13. The number of rotatable bonds is 11. The predicted molar refractivity (Wildman–Crippen MR) is 160 cm³/mol. The topological polar surface area (TPSA) is 114 Å². The quantitative estimate of drug-likeness (QED) is 0.124. The average molecular weight is 577 g/mol. The highest BCUT2D eigenvalue weighted by Gasteiger charge is 2.24. The molecule has 0 aliphatic heterocycles. The number of imidazole rings is 1. The van der Waals surface area contributed by atoms with E-state index in [2.05, 4.69) is 0 Å². The van der Waals surface area contributed by atoms with Crippen molar-refractivity contribution in [1.82, 2.24) is 14.4 Å². The zero-order valence-corrected chi connectivity index (χ0v) is 23.6. The van der Waals surface area contributed by atoms with Gasteiger partial charge in [0.25, 0.3) is 5.69 Å². The maximum absolute atomic E-state index is 12.0. The van der Waals surface area contributed by atoms with E-state index < -0.39 is 4.92 Å². The van der Waals surface area contributed by atoms with E-state index in [9.17, 15) is 10.1 Å². The van der Waals surface area contributed by atoms with Crippen LogP contribution in [0.3, 0.4) is 0 Å². The zero-order chi connectivity index (χ0) is 29.8. The number of nitro benzene ring substituents is 1. The first kappa shape index (κ1) is 27.5. The fourth-order valence-corrected chi connectivity index (χ4v) is 4.98. The van der Waals surface area contributed by atoms with E-state index >= 15 is 0 Å². The molecule has 0 unspecified atom stereocenters. The van der Waals surface area contributed by atoms with Crippen LogP contribution in [0.2, 0.25) is 0 Å². The third-order valence-corrected chi connectivity index (χ3v) is 7.05. The van der Waals surface area contributed by atoms with Gasteiger partial charge in [0.15, 0.2) is 17.1 Å². The molecule has 6 aromatic rings. The molecule has 10 heteroatoms. The summed E-state index contributed by atoms with van der Waals surface area (Å²) in [6.45, 7) is -0.118. The van der Waals surface area contributed by atoms with E-state index in [4.69, 9.17) is 28.6 Å².